The molecular weight excluding hydrogens is 392 g/mol. The number of nitrogens with one attached hydrogen (secondary N) is 1. The number of fused-ring (bicyclic) bond motifs is 1. The van der Waals surface area contributed by atoms with Crippen LogP contribution in [0.25, 0.3) is 0 Å². The minimum atomic E-state index is -3.67. The van der Waals surface area contributed by atoms with E-state index in [0.29, 0.717) is 19.5 Å². The molecule has 154 valence electrons. The highest BCUT2D eigenvalue weighted by Crippen LogP contribution is 2.25. The van der Waals surface area contributed by atoms with Gasteiger partial charge in [0.15, 0.2) is 6.61 Å². The summed E-state index contributed by atoms with van der Waals surface area (Å²) in [4.78, 5) is 23.8. The monoisotopic (exact) mass is 416 g/mol. The van der Waals surface area contributed by atoms with Gasteiger partial charge in [-0.15, -0.1) is 0 Å². The molecule has 1 N–H and O–H groups in total. The van der Waals surface area contributed by atoms with Crippen LogP contribution < -0.4 is 5.32 Å². The van der Waals surface area contributed by atoms with E-state index in [2.05, 4.69) is 5.32 Å². The summed E-state index contributed by atoms with van der Waals surface area (Å²) in [5.74, 6) is -1.07. The lowest BCUT2D eigenvalue weighted by molar-refractivity contribution is -0.124. The van der Waals surface area contributed by atoms with E-state index in [1.165, 1.54) is 34.1 Å². The van der Waals surface area contributed by atoms with E-state index >= 15 is 0 Å². The van der Waals surface area contributed by atoms with Crippen molar-refractivity contribution >= 4 is 21.9 Å². The molecule has 0 aliphatic carbocycles. The van der Waals surface area contributed by atoms with Gasteiger partial charge in [-0.05, 0) is 55.7 Å². The van der Waals surface area contributed by atoms with Crippen molar-refractivity contribution in [2.24, 2.45) is 0 Å². The van der Waals surface area contributed by atoms with Gasteiger partial charge in [-0.3, -0.25) is 4.79 Å². The predicted octanol–water partition coefficient (Wildman–Crippen LogP) is 2.11. The highest BCUT2D eigenvalue weighted by molar-refractivity contribution is 7.89. The fraction of sp³-hybridized carbons (Fsp3) is 0.333. The molecule has 0 unspecified atom stereocenters. The molecule has 0 atom stereocenters. The molecule has 2 aromatic rings. The first kappa shape index (κ1) is 21.0. The van der Waals surface area contributed by atoms with E-state index in [0.717, 1.165) is 5.56 Å². The standard InChI is InChI=1S/C21H24N2O5S/c1-15(2)22-20(24)14-28-21(25)17-7-9-19(10-8-17)29(26,27)23-12-11-16-5-3-4-6-18(16)13-23/h3-10,15H,11-14H2,1-2H3,(H,22,24). The van der Waals surface area contributed by atoms with Gasteiger partial charge in [-0.1, -0.05) is 24.3 Å². The van der Waals surface area contributed by atoms with E-state index in [4.69, 9.17) is 4.74 Å². The summed E-state index contributed by atoms with van der Waals surface area (Å²) in [5, 5.41) is 2.62. The summed E-state index contributed by atoms with van der Waals surface area (Å²) < 4.78 is 32.3. The molecule has 0 saturated carbocycles. The maximum absolute atomic E-state index is 13.0. The number of carbonyl (C=O) groups is 2. The molecule has 7 nitrogen and oxygen atoms in total. The first-order chi connectivity index (χ1) is 13.8. The van der Waals surface area contributed by atoms with Gasteiger partial charge in [0.25, 0.3) is 5.91 Å². The molecule has 0 radical (unpaired) electrons. The van der Waals surface area contributed by atoms with Crippen LogP contribution in [0.3, 0.4) is 0 Å². The van der Waals surface area contributed by atoms with Crippen LogP contribution in [0.15, 0.2) is 53.4 Å². The Balaban J connectivity index is 1.66. The van der Waals surface area contributed by atoms with Crippen LogP contribution in [0.1, 0.15) is 35.3 Å². The average molecular weight is 416 g/mol. The number of esters is 1. The van der Waals surface area contributed by atoms with Gasteiger partial charge >= 0.3 is 5.97 Å². The summed E-state index contributed by atoms with van der Waals surface area (Å²) in [6.07, 6.45) is 0.665. The molecule has 0 spiro atoms. The number of hydrogen-bond acceptors (Lipinski definition) is 5. The van der Waals surface area contributed by atoms with Gasteiger partial charge in [0, 0.05) is 19.1 Å². The minimum absolute atomic E-state index is 0.0487. The van der Waals surface area contributed by atoms with E-state index in [9.17, 15) is 18.0 Å². The van der Waals surface area contributed by atoms with Crippen molar-refractivity contribution in [3.8, 4) is 0 Å². The number of amides is 1. The Morgan fingerprint density at radius 1 is 1.07 bits per heavy atom. The molecule has 0 bridgehead atoms. The maximum Gasteiger partial charge on any atom is 0.338 e. The van der Waals surface area contributed by atoms with Crippen molar-refractivity contribution in [3.05, 3.63) is 65.2 Å². The summed E-state index contributed by atoms with van der Waals surface area (Å²) in [6, 6.07) is 13.3. The van der Waals surface area contributed by atoms with Crippen molar-refractivity contribution < 1.29 is 22.7 Å². The molecule has 2 aromatic carbocycles. The van der Waals surface area contributed by atoms with Crippen LogP contribution in [0.2, 0.25) is 0 Å². The fourth-order valence-corrected chi connectivity index (χ4v) is 4.58. The zero-order valence-corrected chi connectivity index (χ0v) is 17.2. The molecule has 8 heteroatoms. The second kappa shape index (κ2) is 8.75. The molecule has 0 aromatic heterocycles. The lowest BCUT2D eigenvalue weighted by Crippen LogP contribution is -2.36. The number of ether oxygens (including phenoxy) is 1. The van der Waals surface area contributed by atoms with Gasteiger partial charge < -0.3 is 10.1 Å². The first-order valence-corrected chi connectivity index (χ1v) is 10.8. The van der Waals surface area contributed by atoms with Gasteiger partial charge in [-0.2, -0.15) is 4.31 Å². The summed E-state index contributed by atoms with van der Waals surface area (Å²) in [6.45, 7) is 3.96. The van der Waals surface area contributed by atoms with Gasteiger partial charge in [0.05, 0.1) is 10.5 Å². The van der Waals surface area contributed by atoms with E-state index in [1.54, 1.807) is 13.8 Å². The Morgan fingerprint density at radius 2 is 1.72 bits per heavy atom. The molecule has 1 aliphatic heterocycles. The van der Waals surface area contributed by atoms with Crippen LogP contribution >= 0.6 is 0 Å². The van der Waals surface area contributed by atoms with Crippen molar-refractivity contribution in [2.45, 2.75) is 37.8 Å². The molecular formula is C21H24N2O5S. The summed E-state index contributed by atoms with van der Waals surface area (Å²) in [7, 11) is -3.67. The predicted molar refractivity (Wildman–Crippen MR) is 108 cm³/mol. The molecule has 1 aliphatic rings. The lowest BCUT2D eigenvalue weighted by atomic mass is 10.0. The number of carbonyl (C=O) groups excluding carboxylic acids is 2. The van der Waals surface area contributed by atoms with Crippen LogP contribution in [-0.4, -0.2) is 43.8 Å². The van der Waals surface area contributed by atoms with Crippen molar-refractivity contribution in [1.29, 1.82) is 0 Å². The Hall–Kier alpha value is -2.71. The van der Waals surface area contributed by atoms with Crippen LogP contribution in [0, 0.1) is 0 Å². The van der Waals surface area contributed by atoms with E-state index in [-0.39, 0.29) is 23.1 Å². The molecule has 1 heterocycles. The third-order valence-corrected chi connectivity index (χ3v) is 6.47. The zero-order valence-electron chi connectivity index (χ0n) is 16.4. The van der Waals surface area contributed by atoms with Crippen molar-refractivity contribution in [3.63, 3.8) is 0 Å². The summed E-state index contributed by atoms with van der Waals surface area (Å²) >= 11 is 0. The summed E-state index contributed by atoms with van der Waals surface area (Å²) in [5.41, 5.74) is 2.35. The number of hydrogen-bond donors (Lipinski definition) is 1. The molecule has 0 saturated heterocycles. The van der Waals surface area contributed by atoms with Gasteiger partial charge in [-0.25, -0.2) is 13.2 Å². The minimum Gasteiger partial charge on any atom is -0.452 e. The van der Waals surface area contributed by atoms with Crippen LogP contribution in [0.5, 0.6) is 0 Å². The highest BCUT2D eigenvalue weighted by Gasteiger charge is 2.28. The number of benzene rings is 2. The number of sulfonamides is 1. The lowest BCUT2D eigenvalue weighted by Gasteiger charge is -2.28. The third-order valence-electron chi connectivity index (χ3n) is 4.61. The van der Waals surface area contributed by atoms with E-state index in [1.807, 2.05) is 24.3 Å². The third kappa shape index (κ3) is 5.02. The molecule has 0 fully saturated rings. The average Bonchev–Trinajstić information content (AvgIpc) is 2.71. The number of nitrogens with zero attached hydrogens (tertiary/aromatic N) is 1. The Bertz CT molecular complexity index is 1000. The van der Waals surface area contributed by atoms with Crippen molar-refractivity contribution in [1.82, 2.24) is 9.62 Å². The van der Waals surface area contributed by atoms with Crippen LogP contribution in [-0.2, 0) is 32.5 Å². The highest BCUT2D eigenvalue weighted by atomic mass is 32.2. The molecule has 29 heavy (non-hydrogen) atoms. The maximum atomic E-state index is 13.0. The zero-order chi connectivity index (χ0) is 21.0. The number of rotatable bonds is 6. The van der Waals surface area contributed by atoms with Gasteiger partial charge in [0.2, 0.25) is 10.0 Å². The second-order valence-corrected chi connectivity index (χ2v) is 9.12. The van der Waals surface area contributed by atoms with E-state index < -0.39 is 21.9 Å². The largest absolute Gasteiger partial charge is 0.452 e. The van der Waals surface area contributed by atoms with Crippen LogP contribution in [0.4, 0.5) is 0 Å². The smallest absolute Gasteiger partial charge is 0.338 e. The topological polar surface area (TPSA) is 92.8 Å². The Morgan fingerprint density at radius 3 is 2.38 bits per heavy atom. The second-order valence-electron chi connectivity index (χ2n) is 7.18. The fourth-order valence-electron chi connectivity index (χ4n) is 3.17. The quantitative estimate of drug-likeness (QED) is 0.728. The normalized spacial score (nSPS) is 14.3. The molecule has 3 rings (SSSR count). The SMILES string of the molecule is CC(C)NC(=O)COC(=O)c1ccc(S(=O)(=O)N2CCc3ccccc3C2)cc1. The molecule has 1 amide bonds. The Labute approximate surface area is 170 Å². The van der Waals surface area contributed by atoms with Crippen molar-refractivity contribution in [2.75, 3.05) is 13.2 Å². The van der Waals surface area contributed by atoms with Gasteiger partial charge in [0.1, 0.15) is 0 Å². The first-order valence-electron chi connectivity index (χ1n) is 9.41. The Kier molecular flexibility index (Phi) is 6.34.